The molecule has 2 aliphatic heterocycles. The molecule has 0 radical (unpaired) electrons. The first-order valence-electron chi connectivity index (χ1n) is 8.66. The molecule has 2 saturated heterocycles. The van der Waals surface area contributed by atoms with Crippen molar-refractivity contribution in [2.45, 2.75) is 38.3 Å². The Morgan fingerprint density at radius 3 is 2.83 bits per heavy atom. The Morgan fingerprint density at radius 1 is 1.25 bits per heavy atom. The molecule has 6 heteroatoms. The van der Waals surface area contributed by atoms with Crippen molar-refractivity contribution >= 4 is 5.91 Å². The summed E-state index contributed by atoms with van der Waals surface area (Å²) in [5.41, 5.74) is 0.348. The lowest BCUT2D eigenvalue weighted by Gasteiger charge is -2.33. The van der Waals surface area contributed by atoms with E-state index in [1.54, 1.807) is 0 Å². The number of carbonyl (C=O) groups is 1. The second-order valence-electron chi connectivity index (χ2n) is 6.71. The third kappa shape index (κ3) is 4.51. The zero-order chi connectivity index (χ0) is 16.9. The molecule has 1 N–H and O–H groups in total. The molecule has 0 bridgehead atoms. The highest BCUT2D eigenvalue weighted by molar-refractivity contribution is 5.79. The average molecular weight is 338 g/mol. The molecule has 4 nitrogen and oxygen atoms in total. The van der Waals surface area contributed by atoms with Gasteiger partial charge in [0.1, 0.15) is 11.6 Å². The summed E-state index contributed by atoms with van der Waals surface area (Å²) in [6.45, 7) is 3.12. The van der Waals surface area contributed by atoms with E-state index in [-0.39, 0.29) is 17.9 Å². The number of nitrogens with zero attached hydrogens (tertiary/aromatic N) is 1. The predicted octanol–water partition coefficient (Wildman–Crippen LogP) is 2.47. The van der Waals surface area contributed by atoms with Crippen LogP contribution in [0.4, 0.5) is 8.78 Å². The molecule has 2 fully saturated rings. The van der Waals surface area contributed by atoms with Gasteiger partial charge in [-0.1, -0.05) is 0 Å². The summed E-state index contributed by atoms with van der Waals surface area (Å²) in [5, 5.41) is 3.11. The van der Waals surface area contributed by atoms with Crippen LogP contribution in [0.15, 0.2) is 18.2 Å². The third-order valence-electron chi connectivity index (χ3n) is 4.85. The molecule has 1 aromatic carbocycles. The van der Waals surface area contributed by atoms with Crippen LogP contribution in [-0.2, 0) is 16.1 Å². The Balaban J connectivity index is 1.55. The van der Waals surface area contributed by atoms with E-state index in [1.165, 1.54) is 6.07 Å². The molecule has 1 unspecified atom stereocenters. The van der Waals surface area contributed by atoms with E-state index in [9.17, 15) is 13.6 Å². The Morgan fingerprint density at radius 2 is 2.04 bits per heavy atom. The van der Waals surface area contributed by atoms with Crippen molar-refractivity contribution < 1.29 is 18.3 Å². The second-order valence-corrected chi connectivity index (χ2v) is 6.71. The van der Waals surface area contributed by atoms with Crippen LogP contribution in [0, 0.1) is 17.6 Å². The minimum Gasteiger partial charge on any atom is -0.381 e. The highest BCUT2D eigenvalue weighted by Gasteiger charge is 2.28. The van der Waals surface area contributed by atoms with E-state index < -0.39 is 11.6 Å². The van der Waals surface area contributed by atoms with Crippen molar-refractivity contribution in [2.24, 2.45) is 5.92 Å². The molecule has 1 aromatic rings. The van der Waals surface area contributed by atoms with Crippen molar-refractivity contribution in [1.29, 1.82) is 0 Å². The van der Waals surface area contributed by atoms with Gasteiger partial charge in [0.25, 0.3) is 0 Å². The van der Waals surface area contributed by atoms with Gasteiger partial charge in [0.15, 0.2) is 0 Å². The zero-order valence-corrected chi connectivity index (χ0v) is 13.8. The van der Waals surface area contributed by atoms with Gasteiger partial charge in [-0.15, -0.1) is 0 Å². The van der Waals surface area contributed by atoms with E-state index >= 15 is 0 Å². The molecule has 24 heavy (non-hydrogen) atoms. The van der Waals surface area contributed by atoms with Crippen molar-refractivity contribution in [3.8, 4) is 0 Å². The Bertz CT molecular complexity index is 576. The van der Waals surface area contributed by atoms with E-state index in [4.69, 9.17) is 4.74 Å². The quantitative estimate of drug-likeness (QED) is 0.917. The van der Waals surface area contributed by atoms with Crippen LogP contribution in [0.2, 0.25) is 0 Å². The maximum atomic E-state index is 13.8. The number of amides is 1. The summed E-state index contributed by atoms with van der Waals surface area (Å²) >= 11 is 0. The highest BCUT2D eigenvalue weighted by atomic mass is 19.1. The molecule has 0 aliphatic carbocycles. The molecule has 0 spiro atoms. The normalized spacial score (nSPS) is 23.2. The molecule has 132 valence electrons. The van der Waals surface area contributed by atoms with Gasteiger partial charge in [0, 0.05) is 37.9 Å². The van der Waals surface area contributed by atoms with Gasteiger partial charge >= 0.3 is 0 Å². The maximum absolute atomic E-state index is 13.8. The lowest BCUT2D eigenvalue weighted by atomic mass is 9.95. The third-order valence-corrected chi connectivity index (χ3v) is 4.85. The number of ether oxygens (including phenoxy) is 1. The van der Waals surface area contributed by atoms with Gasteiger partial charge in [-0.25, -0.2) is 8.78 Å². The minimum atomic E-state index is -0.433. The summed E-state index contributed by atoms with van der Waals surface area (Å²) < 4.78 is 32.4. The van der Waals surface area contributed by atoms with Gasteiger partial charge in [0.05, 0.1) is 5.92 Å². The fraction of sp³-hybridized carbons (Fsp3) is 0.611. The lowest BCUT2D eigenvalue weighted by molar-refractivity contribution is -0.128. The highest BCUT2D eigenvalue weighted by Crippen LogP contribution is 2.21. The van der Waals surface area contributed by atoms with Crippen LogP contribution in [0.25, 0.3) is 0 Å². The van der Waals surface area contributed by atoms with Crippen LogP contribution in [0.1, 0.15) is 31.2 Å². The first-order valence-corrected chi connectivity index (χ1v) is 8.66. The first-order chi connectivity index (χ1) is 11.6. The molecule has 2 aliphatic rings. The Kier molecular flexibility index (Phi) is 5.79. The molecule has 3 rings (SSSR count). The minimum absolute atomic E-state index is 0.0753. The van der Waals surface area contributed by atoms with Gasteiger partial charge in [-0.05, 0) is 50.4 Å². The van der Waals surface area contributed by atoms with Crippen LogP contribution in [-0.4, -0.2) is 43.2 Å². The van der Waals surface area contributed by atoms with Crippen LogP contribution >= 0.6 is 0 Å². The standard InChI is InChI=1S/C18H24F2N2O2/c19-15-3-4-17(20)14(10-15)12-22-7-1-2-13(11-22)18(23)21-16-5-8-24-9-6-16/h3-4,10,13,16H,1-2,5-9,11-12H2,(H,21,23). The predicted molar refractivity (Wildman–Crippen MR) is 86.3 cm³/mol. The number of likely N-dealkylation sites (tertiary alicyclic amines) is 1. The maximum Gasteiger partial charge on any atom is 0.224 e. The largest absolute Gasteiger partial charge is 0.381 e. The number of rotatable bonds is 4. The van der Waals surface area contributed by atoms with Crippen molar-refractivity contribution in [3.05, 3.63) is 35.4 Å². The number of hydrogen-bond donors (Lipinski definition) is 1. The summed E-state index contributed by atoms with van der Waals surface area (Å²) in [6, 6.07) is 3.71. The molecule has 0 aromatic heterocycles. The molecule has 1 atom stereocenters. The van der Waals surface area contributed by atoms with Gasteiger partial charge < -0.3 is 10.1 Å². The molecular formula is C18H24F2N2O2. The van der Waals surface area contributed by atoms with E-state index in [0.717, 1.165) is 44.4 Å². The van der Waals surface area contributed by atoms with E-state index in [1.807, 2.05) is 4.90 Å². The number of benzene rings is 1. The van der Waals surface area contributed by atoms with Crippen LogP contribution < -0.4 is 5.32 Å². The summed E-state index contributed by atoms with van der Waals surface area (Å²) in [4.78, 5) is 14.5. The fourth-order valence-corrected chi connectivity index (χ4v) is 3.48. The fourth-order valence-electron chi connectivity index (χ4n) is 3.48. The molecule has 2 heterocycles. The topological polar surface area (TPSA) is 41.6 Å². The zero-order valence-electron chi connectivity index (χ0n) is 13.8. The number of piperidine rings is 1. The second kappa shape index (κ2) is 8.03. The van der Waals surface area contributed by atoms with Crippen molar-refractivity contribution in [2.75, 3.05) is 26.3 Å². The van der Waals surface area contributed by atoms with E-state index in [2.05, 4.69) is 5.32 Å². The van der Waals surface area contributed by atoms with Crippen LogP contribution in [0.5, 0.6) is 0 Å². The van der Waals surface area contributed by atoms with E-state index in [0.29, 0.717) is 31.9 Å². The van der Waals surface area contributed by atoms with Crippen molar-refractivity contribution in [1.82, 2.24) is 10.2 Å². The summed E-state index contributed by atoms with van der Waals surface area (Å²) in [6.07, 6.45) is 3.45. The van der Waals surface area contributed by atoms with Gasteiger partial charge in [-0.2, -0.15) is 0 Å². The number of carbonyl (C=O) groups excluding carboxylic acids is 1. The molecular weight excluding hydrogens is 314 g/mol. The Labute approximate surface area is 141 Å². The average Bonchev–Trinajstić information content (AvgIpc) is 2.59. The first kappa shape index (κ1) is 17.3. The molecule has 0 saturated carbocycles. The van der Waals surface area contributed by atoms with Gasteiger partial charge in [-0.3, -0.25) is 9.69 Å². The smallest absolute Gasteiger partial charge is 0.224 e. The summed E-state index contributed by atoms with van der Waals surface area (Å²) in [7, 11) is 0. The van der Waals surface area contributed by atoms with Gasteiger partial charge in [0.2, 0.25) is 5.91 Å². The Hall–Kier alpha value is -1.53. The number of hydrogen-bond acceptors (Lipinski definition) is 3. The molecule has 1 amide bonds. The number of nitrogens with one attached hydrogen (secondary N) is 1. The van der Waals surface area contributed by atoms with Crippen LogP contribution in [0.3, 0.4) is 0 Å². The monoisotopic (exact) mass is 338 g/mol. The lowest BCUT2D eigenvalue weighted by Crippen LogP contribution is -2.47. The SMILES string of the molecule is O=C(NC1CCOCC1)C1CCCN(Cc2cc(F)ccc2F)C1. The summed E-state index contributed by atoms with van der Waals surface area (Å²) in [5.74, 6) is -0.841. The number of halogens is 2. The van der Waals surface area contributed by atoms with Crippen molar-refractivity contribution in [3.63, 3.8) is 0 Å².